The lowest BCUT2D eigenvalue weighted by atomic mass is 9.99. The van der Waals surface area contributed by atoms with E-state index < -0.39 is 0 Å². The van der Waals surface area contributed by atoms with Gasteiger partial charge >= 0.3 is 0 Å². The summed E-state index contributed by atoms with van der Waals surface area (Å²) >= 11 is 0. The van der Waals surface area contributed by atoms with Crippen LogP contribution in [0.1, 0.15) is 56.8 Å². The first kappa shape index (κ1) is 12.5. The minimum atomic E-state index is -0.161. The summed E-state index contributed by atoms with van der Waals surface area (Å²) in [6, 6.07) is -0.161. The molecule has 5 heteroatoms. The molecule has 0 amide bonds. The molecule has 0 saturated carbocycles. The van der Waals surface area contributed by atoms with E-state index in [-0.39, 0.29) is 12.0 Å². The zero-order valence-electron chi connectivity index (χ0n) is 10.6. The minimum absolute atomic E-state index is 0.161. The van der Waals surface area contributed by atoms with Crippen LogP contribution in [0.25, 0.3) is 0 Å². The molecule has 2 rings (SSSR count). The molecule has 1 fully saturated rings. The zero-order chi connectivity index (χ0) is 12.3. The molecule has 1 saturated heterocycles. The van der Waals surface area contributed by atoms with Gasteiger partial charge < -0.3 is 15.0 Å². The molecule has 1 aliphatic heterocycles. The van der Waals surface area contributed by atoms with E-state index in [2.05, 4.69) is 24.0 Å². The van der Waals surface area contributed by atoms with Crippen molar-refractivity contribution in [2.45, 2.75) is 45.1 Å². The molecule has 2 unspecified atom stereocenters. The molecule has 17 heavy (non-hydrogen) atoms. The molecule has 3 atom stereocenters. The van der Waals surface area contributed by atoms with E-state index in [0.29, 0.717) is 18.4 Å². The topological polar surface area (TPSA) is 74.2 Å². The third kappa shape index (κ3) is 2.84. The van der Waals surface area contributed by atoms with Gasteiger partial charge in [0.15, 0.2) is 5.82 Å². The van der Waals surface area contributed by atoms with Gasteiger partial charge in [0.1, 0.15) is 0 Å². The number of nitrogens with two attached hydrogens (primary N) is 1. The van der Waals surface area contributed by atoms with Gasteiger partial charge in [0.2, 0.25) is 5.89 Å². The van der Waals surface area contributed by atoms with Crippen LogP contribution in [0.5, 0.6) is 0 Å². The number of aromatic nitrogens is 2. The number of hydrogen-bond donors (Lipinski definition) is 1. The SMILES string of the molecule is CCC(C)[C@H](N)c1nc(C2CCCOC2)no1. The molecule has 0 bridgehead atoms. The summed E-state index contributed by atoms with van der Waals surface area (Å²) in [6.45, 7) is 5.74. The van der Waals surface area contributed by atoms with Gasteiger partial charge in [-0.3, -0.25) is 0 Å². The molecular weight excluding hydrogens is 218 g/mol. The summed E-state index contributed by atoms with van der Waals surface area (Å²) in [4.78, 5) is 4.42. The number of ether oxygens (including phenoxy) is 1. The van der Waals surface area contributed by atoms with E-state index in [4.69, 9.17) is 15.0 Å². The first-order valence-corrected chi connectivity index (χ1v) is 6.39. The van der Waals surface area contributed by atoms with Gasteiger partial charge in [-0.05, 0) is 18.8 Å². The van der Waals surface area contributed by atoms with Gasteiger partial charge in [0.05, 0.1) is 12.6 Å². The third-order valence-electron chi connectivity index (χ3n) is 3.53. The monoisotopic (exact) mass is 239 g/mol. The van der Waals surface area contributed by atoms with Crippen molar-refractivity contribution in [3.63, 3.8) is 0 Å². The molecule has 5 nitrogen and oxygen atoms in total. The Morgan fingerprint density at radius 3 is 3.00 bits per heavy atom. The lowest BCUT2D eigenvalue weighted by molar-refractivity contribution is 0.0773. The maximum Gasteiger partial charge on any atom is 0.243 e. The van der Waals surface area contributed by atoms with Crippen LogP contribution in [0.3, 0.4) is 0 Å². The van der Waals surface area contributed by atoms with Crippen LogP contribution in [0.4, 0.5) is 0 Å². The Kier molecular flexibility index (Phi) is 4.12. The van der Waals surface area contributed by atoms with Crippen LogP contribution in [0.2, 0.25) is 0 Å². The Morgan fingerprint density at radius 1 is 1.53 bits per heavy atom. The average Bonchev–Trinajstić information content (AvgIpc) is 2.87. The van der Waals surface area contributed by atoms with Crippen LogP contribution >= 0.6 is 0 Å². The second-order valence-corrected chi connectivity index (χ2v) is 4.82. The molecule has 1 aliphatic rings. The highest BCUT2D eigenvalue weighted by Gasteiger charge is 2.25. The first-order chi connectivity index (χ1) is 8.22. The van der Waals surface area contributed by atoms with Gasteiger partial charge in [-0.15, -0.1) is 0 Å². The third-order valence-corrected chi connectivity index (χ3v) is 3.53. The maximum atomic E-state index is 6.06. The van der Waals surface area contributed by atoms with Crippen LogP contribution in [-0.4, -0.2) is 23.4 Å². The predicted molar refractivity (Wildman–Crippen MR) is 63.5 cm³/mol. The summed E-state index contributed by atoms with van der Waals surface area (Å²) < 4.78 is 10.7. The van der Waals surface area contributed by atoms with Crippen molar-refractivity contribution in [3.8, 4) is 0 Å². The number of nitrogens with zero attached hydrogens (tertiary/aromatic N) is 2. The largest absolute Gasteiger partial charge is 0.381 e. The number of rotatable bonds is 4. The Morgan fingerprint density at radius 2 is 2.35 bits per heavy atom. The fourth-order valence-corrected chi connectivity index (χ4v) is 1.99. The predicted octanol–water partition coefficient (Wildman–Crippen LogP) is 2.01. The highest BCUT2D eigenvalue weighted by Crippen LogP contribution is 2.26. The molecule has 96 valence electrons. The van der Waals surface area contributed by atoms with Crippen molar-refractivity contribution >= 4 is 0 Å². The summed E-state index contributed by atoms with van der Waals surface area (Å²) in [7, 11) is 0. The average molecular weight is 239 g/mol. The van der Waals surface area contributed by atoms with Crippen molar-refractivity contribution in [2.75, 3.05) is 13.2 Å². The molecule has 0 radical (unpaired) electrons. The second-order valence-electron chi connectivity index (χ2n) is 4.82. The molecule has 1 aromatic rings. The van der Waals surface area contributed by atoms with Crippen molar-refractivity contribution in [1.82, 2.24) is 10.1 Å². The highest BCUT2D eigenvalue weighted by atomic mass is 16.5. The van der Waals surface area contributed by atoms with Crippen LogP contribution < -0.4 is 5.73 Å². The van der Waals surface area contributed by atoms with Gasteiger partial charge in [0.25, 0.3) is 0 Å². The summed E-state index contributed by atoms with van der Waals surface area (Å²) in [5.74, 6) is 1.93. The lowest BCUT2D eigenvalue weighted by Gasteiger charge is -2.18. The Bertz CT molecular complexity index is 331. The van der Waals surface area contributed by atoms with Crippen molar-refractivity contribution in [1.29, 1.82) is 0 Å². The fourth-order valence-electron chi connectivity index (χ4n) is 1.99. The molecule has 2 N–H and O–H groups in total. The van der Waals surface area contributed by atoms with E-state index in [0.717, 1.165) is 31.7 Å². The fraction of sp³-hybridized carbons (Fsp3) is 0.833. The second kappa shape index (κ2) is 5.60. The van der Waals surface area contributed by atoms with Crippen LogP contribution in [0.15, 0.2) is 4.52 Å². The Hall–Kier alpha value is -0.940. The highest BCUT2D eigenvalue weighted by molar-refractivity contribution is 4.99. The minimum Gasteiger partial charge on any atom is -0.381 e. The van der Waals surface area contributed by atoms with Crippen molar-refractivity contribution < 1.29 is 9.26 Å². The molecule has 1 aromatic heterocycles. The smallest absolute Gasteiger partial charge is 0.243 e. The zero-order valence-corrected chi connectivity index (χ0v) is 10.6. The molecular formula is C12H21N3O2. The molecule has 2 heterocycles. The molecule has 0 aromatic carbocycles. The van der Waals surface area contributed by atoms with E-state index in [9.17, 15) is 0 Å². The van der Waals surface area contributed by atoms with E-state index >= 15 is 0 Å². The van der Waals surface area contributed by atoms with Gasteiger partial charge in [-0.2, -0.15) is 4.98 Å². The molecule has 0 aliphatic carbocycles. The molecule has 0 spiro atoms. The van der Waals surface area contributed by atoms with Gasteiger partial charge in [0, 0.05) is 12.5 Å². The van der Waals surface area contributed by atoms with Crippen LogP contribution in [-0.2, 0) is 4.74 Å². The van der Waals surface area contributed by atoms with Crippen molar-refractivity contribution in [3.05, 3.63) is 11.7 Å². The van der Waals surface area contributed by atoms with Crippen LogP contribution in [0, 0.1) is 5.92 Å². The first-order valence-electron chi connectivity index (χ1n) is 6.39. The summed E-state index contributed by atoms with van der Waals surface area (Å²) in [5.41, 5.74) is 6.06. The normalized spacial score (nSPS) is 24.5. The van der Waals surface area contributed by atoms with E-state index in [1.165, 1.54) is 0 Å². The van der Waals surface area contributed by atoms with Gasteiger partial charge in [-0.1, -0.05) is 25.4 Å². The van der Waals surface area contributed by atoms with E-state index in [1.54, 1.807) is 0 Å². The summed E-state index contributed by atoms with van der Waals surface area (Å²) in [6.07, 6.45) is 3.13. The summed E-state index contributed by atoms with van der Waals surface area (Å²) in [5, 5.41) is 4.03. The standard InChI is InChI=1S/C12H21N3O2/c1-3-8(2)10(13)12-14-11(15-17-12)9-5-4-6-16-7-9/h8-10H,3-7,13H2,1-2H3/t8?,9?,10-/m0/s1. The van der Waals surface area contributed by atoms with Crippen molar-refractivity contribution in [2.24, 2.45) is 11.7 Å². The van der Waals surface area contributed by atoms with Gasteiger partial charge in [-0.25, -0.2) is 0 Å². The number of hydrogen-bond acceptors (Lipinski definition) is 5. The maximum absolute atomic E-state index is 6.06. The van der Waals surface area contributed by atoms with E-state index in [1.807, 2.05) is 0 Å². The Labute approximate surface area is 102 Å². The lowest BCUT2D eigenvalue weighted by Crippen LogP contribution is -2.20. The quantitative estimate of drug-likeness (QED) is 0.870. The Balaban J connectivity index is 2.04.